The Morgan fingerprint density at radius 1 is 1.58 bits per heavy atom. The molecule has 0 radical (unpaired) electrons. The molecule has 6 heteroatoms. The predicted molar refractivity (Wildman–Crippen MR) is 73.8 cm³/mol. The first kappa shape index (κ1) is 15.6. The number of rotatable bonds is 4. The van der Waals surface area contributed by atoms with Crippen LogP contribution < -0.4 is 4.74 Å². The van der Waals surface area contributed by atoms with E-state index in [0.29, 0.717) is 10.9 Å². The summed E-state index contributed by atoms with van der Waals surface area (Å²) in [4.78, 5) is 16.5. The molecule has 106 valence electrons. The molecule has 19 heavy (non-hydrogen) atoms. The summed E-state index contributed by atoms with van der Waals surface area (Å²) in [5.74, 6) is 0.575. The van der Waals surface area contributed by atoms with Crippen molar-refractivity contribution >= 4 is 17.7 Å². The van der Waals surface area contributed by atoms with Gasteiger partial charge in [0.25, 0.3) is 0 Å². The number of carboxylic acid groups (broad SMARTS) is 1. The molecular formula is C13H19ClN2O3. The summed E-state index contributed by atoms with van der Waals surface area (Å²) in [7, 11) is 0. The summed E-state index contributed by atoms with van der Waals surface area (Å²) in [6.07, 6.45) is 0.581. The lowest BCUT2D eigenvalue weighted by molar-refractivity contribution is 0.0577. The average molecular weight is 287 g/mol. The van der Waals surface area contributed by atoms with Crippen LogP contribution in [0.3, 0.4) is 0 Å². The lowest BCUT2D eigenvalue weighted by Gasteiger charge is -2.37. The van der Waals surface area contributed by atoms with Crippen molar-refractivity contribution in [1.29, 1.82) is 0 Å². The van der Waals surface area contributed by atoms with Crippen LogP contribution >= 0.6 is 11.6 Å². The van der Waals surface area contributed by atoms with Gasteiger partial charge in [-0.05, 0) is 33.8 Å². The number of amides is 1. The van der Waals surface area contributed by atoms with E-state index in [0.717, 1.165) is 0 Å². The number of pyridine rings is 1. The van der Waals surface area contributed by atoms with Crippen LogP contribution in [0, 0.1) is 0 Å². The number of ether oxygens (including phenoxy) is 1. The van der Waals surface area contributed by atoms with Gasteiger partial charge in [0.05, 0.1) is 6.04 Å². The van der Waals surface area contributed by atoms with Gasteiger partial charge in [-0.3, -0.25) is 4.90 Å². The zero-order chi connectivity index (χ0) is 14.6. The van der Waals surface area contributed by atoms with E-state index in [-0.39, 0.29) is 12.6 Å². The molecule has 1 aromatic heterocycles. The average Bonchev–Trinajstić information content (AvgIpc) is 2.24. The van der Waals surface area contributed by atoms with Crippen LogP contribution in [0.1, 0.15) is 27.7 Å². The number of aromatic nitrogens is 1. The molecule has 5 nitrogen and oxygen atoms in total. The maximum absolute atomic E-state index is 11.3. The largest absolute Gasteiger partial charge is 0.491 e. The van der Waals surface area contributed by atoms with Gasteiger partial charge >= 0.3 is 6.09 Å². The van der Waals surface area contributed by atoms with Crippen LogP contribution in [0.4, 0.5) is 4.79 Å². The van der Waals surface area contributed by atoms with E-state index in [2.05, 4.69) is 4.98 Å². The monoisotopic (exact) mass is 286 g/mol. The number of hydrogen-bond donors (Lipinski definition) is 1. The molecule has 0 spiro atoms. The van der Waals surface area contributed by atoms with Gasteiger partial charge < -0.3 is 9.84 Å². The van der Waals surface area contributed by atoms with Crippen molar-refractivity contribution in [3.63, 3.8) is 0 Å². The third-order valence-corrected chi connectivity index (χ3v) is 2.77. The first-order chi connectivity index (χ1) is 8.71. The zero-order valence-electron chi connectivity index (χ0n) is 11.6. The fraction of sp³-hybridized carbons (Fsp3) is 0.538. The van der Waals surface area contributed by atoms with Crippen LogP contribution in [-0.2, 0) is 0 Å². The fourth-order valence-corrected chi connectivity index (χ4v) is 2.07. The molecule has 1 unspecified atom stereocenters. The molecule has 1 atom stereocenters. The highest BCUT2D eigenvalue weighted by Gasteiger charge is 2.31. The molecule has 1 aromatic rings. The lowest BCUT2D eigenvalue weighted by atomic mass is 10.0. The number of carbonyl (C=O) groups is 1. The van der Waals surface area contributed by atoms with Gasteiger partial charge in [0.15, 0.2) is 0 Å². The van der Waals surface area contributed by atoms with E-state index in [1.807, 2.05) is 27.7 Å². The van der Waals surface area contributed by atoms with Crippen molar-refractivity contribution in [3.8, 4) is 5.75 Å². The summed E-state index contributed by atoms with van der Waals surface area (Å²) in [5, 5.41) is 9.60. The van der Waals surface area contributed by atoms with E-state index in [1.165, 1.54) is 4.90 Å². The highest BCUT2D eigenvalue weighted by atomic mass is 35.5. The Bertz CT molecular complexity index is 446. The topological polar surface area (TPSA) is 62.7 Å². The van der Waals surface area contributed by atoms with E-state index in [1.54, 1.807) is 18.3 Å². The van der Waals surface area contributed by atoms with Crippen LogP contribution in [-0.4, -0.2) is 39.3 Å². The Morgan fingerprint density at radius 2 is 2.21 bits per heavy atom. The summed E-state index contributed by atoms with van der Waals surface area (Å²) in [5.41, 5.74) is -0.482. The van der Waals surface area contributed by atoms with Crippen molar-refractivity contribution in [2.75, 3.05) is 6.61 Å². The van der Waals surface area contributed by atoms with Crippen molar-refractivity contribution in [1.82, 2.24) is 9.88 Å². The zero-order valence-corrected chi connectivity index (χ0v) is 12.3. The smallest absolute Gasteiger partial charge is 0.408 e. The Labute approximate surface area is 118 Å². The maximum atomic E-state index is 11.3. The van der Waals surface area contributed by atoms with Gasteiger partial charge in [-0.15, -0.1) is 0 Å². The molecule has 0 saturated heterocycles. The highest BCUT2D eigenvalue weighted by Crippen LogP contribution is 2.19. The molecule has 0 bridgehead atoms. The quantitative estimate of drug-likeness (QED) is 0.863. The van der Waals surface area contributed by atoms with Crippen molar-refractivity contribution in [3.05, 3.63) is 23.5 Å². The van der Waals surface area contributed by atoms with Crippen LogP contribution in [0.5, 0.6) is 5.75 Å². The Kier molecular flexibility index (Phi) is 5.00. The van der Waals surface area contributed by atoms with Gasteiger partial charge in [-0.1, -0.05) is 11.6 Å². The number of halogens is 1. The van der Waals surface area contributed by atoms with Gasteiger partial charge in [0.2, 0.25) is 0 Å². The molecule has 0 fully saturated rings. The lowest BCUT2D eigenvalue weighted by Crippen LogP contribution is -2.52. The summed E-state index contributed by atoms with van der Waals surface area (Å²) in [6, 6.07) is 3.00. The van der Waals surface area contributed by atoms with Crippen molar-refractivity contribution < 1.29 is 14.6 Å². The van der Waals surface area contributed by atoms with E-state index < -0.39 is 11.6 Å². The third-order valence-electron chi connectivity index (χ3n) is 2.56. The highest BCUT2D eigenvalue weighted by molar-refractivity contribution is 6.29. The number of nitrogens with zero attached hydrogens (tertiary/aromatic N) is 2. The Morgan fingerprint density at radius 3 is 2.68 bits per heavy atom. The summed E-state index contributed by atoms with van der Waals surface area (Å²) < 4.78 is 5.55. The minimum absolute atomic E-state index is 0.254. The first-order valence-electron chi connectivity index (χ1n) is 5.98. The molecule has 0 aliphatic carbocycles. The van der Waals surface area contributed by atoms with Gasteiger partial charge in [-0.2, -0.15) is 0 Å². The first-order valence-corrected chi connectivity index (χ1v) is 6.36. The molecule has 0 aliphatic rings. The summed E-state index contributed by atoms with van der Waals surface area (Å²) in [6.45, 7) is 7.61. The molecule has 1 amide bonds. The molecule has 0 aliphatic heterocycles. The van der Waals surface area contributed by atoms with E-state index in [4.69, 9.17) is 16.3 Å². The third kappa shape index (κ3) is 4.59. The molecule has 1 heterocycles. The summed E-state index contributed by atoms with van der Waals surface area (Å²) >= 11 is 5.75. The fourth-order valence-electron chi connectivity index (χ4n) is 1.90. The minimum Gasteiger partial charge on any atom is -0.491 e. The maximum Gasteiger partial charge on any atom is 0.408 e. The van der Waals surface area contributed by atoms with Gasteiger partial charge in [0, 0.05) is 17.8 Å². The Hall–Kier alpha value is -1.49. The number of hydrogen-bond acceptors (Lipinski definition) is 3. The second-order valence-electron chi connectivity index (χ2n) is 5.30. The molecule has 1 rings (SSSR count). The van der Waals surface area contributed by atoms with E-state index >= 15 is 0 Å². The second-order valence-corrected chi connectivity index (χ2v) is 5.68. The predicted octanol–water partition coefficient (Wildman–Crippen LogP) is 3.28. The van der Waals surface area contributed by atoms with Crippen LogP contribution in [0.15, 0.2) is 18.3 Å². The normalized spacial score (nSPS) is 12.9. The second kappa shape index (κ2) is 6.10. The van der Waals surface area contributed by atoms with Gasteiger partial charge in [-0.25, -0.2) is 9.78 Å². The minimum atomic E-state index is -0.962. The molecule has 0 saturated carbocycles. The Balaban J connectivity index is 2.68. The van der Waals surface area contributed by atoms with Crippen LogP contribution in [0.25, 0.3) is 0 Å². The SMILES string of the molecule is CC(COc1ccnc(Cl)c1)N(C(=O)O)C(C)(C)C. The molecule has 1 N–H and O–H groups in total. The molecule has 0 aromatic carbocycles. The van der Waals surface area contributed by atoms with Gasteiger partial charge in [0.1, 0.15) is 17.5 Å². The standard InChI is InChI=1S/C13H19ClN2O3/c1-9(16(12(17)18)13(2,3)4)8-19-10-5-6-15-11(14)7-10/h5-7,9H,8H2,1-4H3,(H,17,18). The molecular weight excluding hydrogens is 268 g/mol. The van der Waals surface area contributed by atoms with Crippen molar-refractivity contribution in [2.24, 2.45) is 0 Å². The van der Waals surface area contributed by atoms with Crippen LogP contribution in [0.2, 0.25) is 5.15 Å². The van der Waals surface area contributed by atoms with E-state index in [9.17, 15) is 9.90 Å². The van der Waals surface area contributed by atoms with Crippen molar-refractivity contribution in [2.45, 2.75) is 39.3 Å².